The van der Waals surface area contributed by atoms with Crippen molar-refractivity contribution in [3.63, 3.8) is 0 Å². The Morgan fingerprint density at radius 2 is 1.89 bits per heavy atom. The number of nitrogens with one attached hydrogen (secondary N) is 1. The second kappa shape index (κ2) is 16.1. The predicted octanol–water partition coefficient (Wildman–Crippen LogP) is 7.48. The second-order valence-corrected chi connectivity index (χ2v) is 8.86. The van der Waals surface area contributed by atoms with Crippen molar-refractivity contribution in [2.75, 3.05) is 18.5 Å². The Bertz CT molecular complexity index is 1130. The van der Waals surface area contributed by atoms with Crippen molar-refractivity contribution in [2.24, 2.45) is 5.92 Å². The first-order valence-electron chi connectivity index (χ1n) is 12.8. The number of carbonyl (C=O) groups is 2. The van der Waals surface area contributed by atoms with Crippen molar-refractivity contribution >= 4 is 23.0 Å². The summed E-state index contributed by atoms with van der Waals surface area (Å²) < 4.78 is 5.80. The van der Waals surface area contributed by atoms with Crippen molar-refractivity contribution < 1.29 is 19.4 Å². The molecule has 37 heavy (non-hydrogen) atoms. The number of allylic oxidation sites excluding steroid dienone is 6. The van der Waals surface area contributed by atoms with Gasteiger partial charge in [-0.3, -0.25) is 9.59 Å². The number of carboxylic acids is 1. The molecule has 0 fully saturated rings. The summed E-state index contributed by atoms with van der Waals surface area (Å²) in [6.45, 7) is 10.5. The number of carbonyl (C=O) groups excluding carboxylic acids is 1. The number of ether oxygens (including phenoxy) is 1. The summed E-state index contributed by atoms with van der Waals surface area (Å²) in [6.07, 6.45) is 12.8. The van der Waals surface area contributed by atoms with Crippen molar-refractivity contribution in [3.8, 4) is 0 Å². The molecule has 0 saturated carbocycles. The molecule has 0 amide bonds. The number of aliphatic carboxylic acids is 1. The summed E-state index contributed by atoms with van der Waals surface area (Å²) in [5.74, 6) is -0.771. The molecule has 196 valence electrons. The highest BCUT2D eigenvalue weighted by atomic mass is 16.5. The molecular weight excluding hydrogens is 462 g/mol. The van der Waals surface area contributed by atoms with E-state index in [9.17, 15) is 14.7 Å². The van der Waals surface area contributed by atoms with Gasteiger partial charge >= 0.3 is 5.97 Å². The largest absolute Gasteiger partial charge is 0.480 e. The zero-order valence-corrected chi connectivity index (χ0v) is 22.2. The van der Waals surface area contributed by atoms with Gasteiger partial charge in [-0.1, -0.05) is 99.7 Å². The molecule has 0 aliphatic heterocycles. The van der Waals surface area contributed by atoms with E-state index in [4.69, 9.17) is 4.74 Å². The van der Waals surface area contributed by atoms with Crippen molar-refractivity contribution in [3.05, 3.63) is 108 Å². The summed E-state index contributed by atoms with van der Waals surface area (Å²) in [7, 11) is 0. The number of hydrogen-bond acceptors (Lipinski definition) is 4. The van der Waals surface area contributed by atoms with Gasteiger partial charge in [0.25, 0.3) is 0 Å². The zero-order valence-electron chi connectivity index (χ0n) is 22.2. The third kappa shape index (κ3) is 10.1. The number of anilines is 1. The summed E-state index contributed by atoms with van der Waals surface area (Å²) in [4.78, 5) is 23.3. The fraction of sp³-hybridized carbons (Fsp3) is 0.312. The normalized spacial score (nSPS) is 12.9. The molecular formula is C32H39NO4. The Kier molecular flexibility index (Phi) is 12.9. The van der Waals surface area contributed by atoms with Crippen LogP contribution >= 0.6 is 0 Å². The Morgan fingerprint density at radius 1 is 1.14 bits per heavy atom. The quantitative estimate of drug-likeness (QED) is 0.142. The van der Waals surface area contributed by atoms with Crippen LogP contribution in [0.4, 0.5) is 5.69 Å². The Hall–Kier alpha value is -3.70. The van der Waals surface area contributed by atoms with Gasteiger partial charge < -0.3 is 15.2 Å². The molecule has 0 aliphatic rings. The molecule has 0 aromatic heterocycles. The molecule has 5 heteroatoms. The fourth-order valence-electron chi connectivity index (χ4n) is 4.15. The van der Waals surface area contributed by atoms with Crippen LogP contribution in [0.15, 0.2) is 91.1 Å². The van der Waals surface area contributed by atoms with Crippen LogP contribution < -0.4 is 5.32 Å². The number of benzene rings is 2. The van der Waals surface area contributed by atoms with Crippen molar-refractivity contribution in [1.29, 1.82) is 0 Å². The molecule has 0 bridgehead atoms. The first-order chi connectivity index (χ1) is 17.9. The van der Waals surface area contributed by atoms with Crippen LogP contribution in [-0.2, 0) is 16.1 Å². The topological polar surface area (TPSA) is 75.6 Å². The third-order valence-corrected chi connectivity index (χ3v) is 6.01. The van der Waals surface area contributed by atoms with E-state index in [1.165, 1.54) is 6.92 Å². The highest BCUT2D eigenvalue weighted by Gasteiger charge is 2.18. The van der Waals surface area contributed by atoms with Crippen LogP contribution in [0.25, 0.3) is 5.57 Å². The second-order valence-electron chi connectivity index (χ2n) is 8.86. The molecule has 0 aliphatic carbocycles. The van der Waals surface area contributed by atoms with Crippen LogP contribution in [0.3, 0.4) is 0 Å². The highest BCUT2D eigenvalue weighted by Crippen LogP contribution is 2.36. The average molecular weight is 502 g/mol. The van der Waals surface area contributed by atoms with E-state index in [-0.39, 0.29) is 18.2 Å². The molecule has 2 aromatic rings. The lowest BCUT2D eigenvalue weighted by Crippen LogP contribution is -2.15. The molecule has 2 aromatic carbocycles. The minimum Gasteiger partial charge on any atom is -0.480 e. The van der Waals surface area contributed by atoms with E-state index in [1.807, 2.05) is 54.6 Å². The van der Waals surface area contributed by atoms with Gasteiger partial charge in [-0.15, -0.1) is 0 Å². The predicted molar refractivity (Wildman–Crippen MR) is 153 cm³/mol. The van der Waals surface area contributed by atoms with E-state index in [0.717, 1.165) is 41.5 Å². The van der Waals surface area contributed by atoms with E-state index in [2.05, 4.69) is 31.8 Å². The summed E-state index contributed by atoms with van der Waals surface area (Å²) in [6, 6.07) is 15.5. The van der Waals surface area contributed by atoms with E-state index in [0.29, 0.717) is 24.5 Å². The maximum atomic E-state index is 12.0. The third-order valence-electron chi connectivity index (χ3n) is 6.01. The number of Topliss-reactive ketones (excluding diaryl/α,β-unsaturated/α-hetero) is 1. The van der Waals surface area contributed by atoms with Gasteiger partial charge in [0.1, 0.15) is 6.54 Å². The maximum absolute atomic E-state index is 12.0. The van der Waals surface area contributed by atoms with Crippen LogP contribution in [-0.4, -0.2) is 30.0 Å². The SMILES string of the molecule is C=C/C=C(\C=C/COCc1ccccc1)/C=C(/c1ccc(C(C)=O)cc1NCC(=O)O)C(CC)CCC. The first-order valence-corrected chi connectivity index (χ1v) is 12.8. The monoisotopic (exact) mass is 501 g/mol. The Morgan fingerprint density at radius 3 is 2.51 bits per heavy atom. The molecule has 5 nitrogen and oxygen atoms in total. The Labute approximate surface area is 221 Å². The van der Waals surface area contributed by atoms with Gasteiger partial charge in [-0.2, -0.15) is 0 Å². The average Bonchev–Trinajstić information content (AvgIpc) is 2.89. The van der Waals surface area contributed by atoms with E-state index < -0.39 is 5.97 Å². The lowest BCUT2D eigenvalue weighted by molar-refractivity contribution is -0.134. The molecule has 2 N–H and O–H groups in total. The first kappa shape index (κ1) is 29.5. The lowest BCUT2D eigenvalue weighted by atomic mass is 9.84. The van der Waals surface area contributed by atoms with Gasteiger partial charge in [0.2, 0.25) is 0 Å². The van der Waals surface area contributed by atoms with Crippen LogP contribution in [0.2, 0.25) is 0 Å². The molecule has 0 saturated heterocycles. The lowest BCUT2D eigenvalue weighted by Gasteiger charge is -2.23. The van der Waals surface area contributed by atoms with Gasteiger partial charge in [0.05, 0.1) is 13.2 Å². The van der Waals surface area contributed by atoms with Crippen LogP contribution in [0.5, 0.6) is 0 Å². The molecule has 1 unspecified atom stereocenters. The molecule has 1 atom stereocenters. The van der Waals surface area contributed by atoms with Gasteiger partial charge in [-0.25, -0.2) is 0 Å². The summed E-state index contributed by atoms with van der Waals surface area (Å²) in [5, 5.41) is 12.3. The molecule has 2 rings (SSSR count). The van der Waals surface area contributed by atoms with Gasteiger partial charge in [0, 0.05) is 16.8 Å². The molecule has 0 radical (unpaired) electrons. The molecule has 0 spiro atoms. The smallest absolute Gasteiger partial charge is 0.322 e. The number of ketones is 1. The minimum absolute atomic E-state index is 0.0678. The number of carboxylic acid groups (broad SMARTS) is 1. The molecule has 0 heterocycles. The summed E-state index contributed by atoms with van der Waals surface area (Å²) >= 11 is 0. The fourth-order valence-corrected chi connectivity index (χ4v) is 4.15. The van der Waals surface area contributed by atoms with Crippen molar-refractivity contribution in [1.82, 2.24) is 0 Å². The van der Waals surface area contributed by atoms with Crippen molar-refractivity contribution in [2.45, 2.75) is 46.6 Å². The standard InChI is InChI=1S/C32H39NO4/c1-5-12-25(16-11-19-37-23-26-14-9-8-10-15-26)20-30(27(7-3)13-6-2)29-18-17-28(24(4)34)21-31(29)33-22-32(35)36/h5,8-12,14-18,20-21,27,33H,1,6-7,13,19,22-23H2,2-4H3,(H,35,36)/b16-11-,25-12+,30-20+. The van der Waals surface area contributed by atoms with E-state index in [1.54, 1.807) is 18.2 Å². The Balaban J connectivity index is 2.42. The number of rotatable bonds is 16. The van der Waals surface area contributed by atoms with Gasteiger partial charge in [-0.05, 0) is 48.5 Å². The van der Waals surface area contributed by atoms with Gasteiger partial charge in [0.15, 0.2) is 5.78 Å². The minimum atomic E-state index is -0.962. The van der Waals surface area contributed by atoms with Crippen LogP contribution in [0.1, 0.15) is 61.5 Å². The number of hydrogen-bond donors (Lipinski definition) is 2. The maximum Gasteiger partial charge on any atom is 0.322 e. The highest BCUT2D eigenvalue weighted by molar-refractivity contribution is 5.96. The van der Waals surface area contributed by atoms with E-state index >= 15 is 0 Å². The zero-order chi connectivity index (χ0) is 27.0. The summed E-state index contributed by atoms with van der Waals surface area (Å²) in [5.41, 5.74) is 5.26. The van der Waals surface area contributed by atoms with Crippen LogP contribution in [0, 0.1) is 5.92 Å².